The normalized spacial score (nSPS) is 10.7. The third-order valence-electron chi connectivity index (χ3n) is 3.01. The largest absolute Gasteiger partial charge is 0.381 e. The molecule has 0 saturated heterocycles. The van der Waals surface area contributed by atoms with Gasteiger partial charge in [0.2, 0.25) is 0 Å². The van der Waals surface area contributed by atoms with Gasteiger partial charge in [0.25, 0.3) is 0 Å². The molecule has 0 heterocycles. The summed E-state index contributed by atoms with van der Waals surface area (Å²) in [5.41, 5.74) is 2.96. The summed E-state index contributed by atoms with van der Waals surface area (Å²) in [4.78, 5) is 0. The Hall–Kier alpha value is -1.49. The Bertz CT molecular complexity index is 633. The summed E-state index contributed by atoms with van der Waals surface area (Å²) in [6.07, 6.45) is 0. The monoisotopic (exact) mass is 343 g/mol. The van der Waals surface area contributed by atoms with Crippen molar-refractivity contribution >= 4 is 21.6 Å². The maximum atomic E-state index is 13.5. The maximum Gasteiger partial charge on any atom is 0.161 e. The second-order valence-corrected chi connectivity index (χ2v) is 5.43. The first-order chi connectivity index (χ1) is 9.38. The highest BCUT2D eigenvalue weighted by atomic mass is 79.9. The summed E-state index contributed by atoms with van der Waals surface area (Å²) in [6.45, 7) is 3.98. The molecular weight excluding hydrogens is 331 g/mol. The SMILES string of the molecule is Cc1cc(NCc2cc(F)c(F)cc2F)cc(C)c1Br. The summed E-state index contributed by atoms with van der Waals surface area (Å²) in [5, 5.41) is 3.01. The lowest BCUT2D eigenvalue weighted by Crippen LogP contribution is -2.04. The number of benzene rings is 2. The van der Waals surface area contributed by atoms with E-state index in [9.17, 15) is 13.2 Å². The van der Waals surface area contributed by atoms with Gasteiger partial charge in [-0.3, -0.25) is 0 Å². The van der Waals surface area contributed by atoms with Crippen LogP contribution in [0.15, 0.2) is 28.7 Å². The average molecular weight is 344 g/mol. The molecule has 2 aromatic rings. The van der Waals surface area contributed by atoms with Gasteiger partial charge in [-0.05, 0) is 43.2 Å². The molecule has 2 rings (SSSR count). The van der Waals surface area contributed by atoms with Crippen LogP contribution in [0.4, 0.5) is 18.9 Å². The Labute approximate surface area is 123 Å². The number of anilines is 1. The Morgan fingerprint density at radius 1 is 0.900 bits per heavy atom. The Morgan fingerprint density at radius 2 is 1.45 bits per heavy atom. The summed E-state index contributed by atoms with van der Waals surface area (Å²) < 4.78 is 40.4. The van der Waals surface area contributed by atoms with E-state index in [1.807, 2.05) is 26.0 Å². The van der Waals surface area contributed by atoms with Crippen molar-refractivity contribution in [2.45, 2.75) is 20.4 Å². The first kappa shape index (κ1) is 14.9. The topological polar surface area (TPSA) is 12.0 Å². The standard InChI is InChI=1S/C15H13BrF3N/c1-8-3-11(4-9(2)15(8)16)20-7-10-5-13(18)14(19)6-12(10)17/h3-6,20H,7H2,1-2H3. The Morgan fingerprint density at radius 3 is 2.05 bits per heavy atom. The van der Waals surface area contributed by atoms with E-state index in [0.29, 0.717) is 6.07 Å². The van der Waals surface area contributed by atoms with Crippen molar-refractivity contribution in [2.75, 3.05) is 5.32 Å². The van der Waals surface area contributed by atoms with Crippen molar-refractivity contribution in [1.82, 2.24) is 0 Å². The molecule has 0 fully saturated rings. The Kier molecular flexibility index (Phi) is 4.38. The van der Waals surface area contributed by atoms with Gasteiger partial charge >= 0.3 is 0 Å². The van der Waals surface area contributed by atoms with Crippen molar-refractivity contribution in [3.05, 3.63) is 62.9 Å². The molecular formula is C15H13BrF3N. The quantitative estimate of drug-likeness (QED) is 0.765. The number of rotatable bonds is 3. The van der Waals surface area contributed by atoms with Crippen LogP contribution in [-0.4, -0.2) is 0 Å². The molecule has 0 amide bonds. The number of nitrogens with one attached hydrogen (secondary N) is 1. The molecule has 5 heteroatoms. The van der Waals surface area contributed by atoms with E-state index in [2.05, 4.69) is 21.2 Å². The average Bonchev–Trinajstić information content (AvgIpc) is 2.38. The summed E-state index contributed by atoms with van der Waals surface area (Å²) in [7, 11) is 0. The van der Waals surface area contributed by atoms with Crippen molar-refractivity contribution in [3.63, 3.8) is 0 Å². The third kappa shape index (κ3) is 3.15. The van der Waals surface area contributed by atoms with Crippen LogP contribution in [-0.2, 0) is 6.54 Å². The van der Waals surface area contributed by atoms with Gasteiger partial charge in [-0.2, -0.15) is 0 Å². The molecule has 0 radical (unpaired) electrons. The lowest BCUT2D eigenvalue weighted by atomic mass is 10.1. The molecule has 0 aliphatic rings. The van der Waals surface area contributed by atoms with Gasteiger partial charge in [-0.1, -0.05) is 15.9 Å². The number of halogens is 4. The molecule has 0 saturated carbocycles. The molecule has 106 valence electrons. The van der Waals surface area contributed by atoms with Crippen LogP contribution < -0.4 is 5.32 Å². The van der Waals surface area contributed by atoms with E-state index in [1.165, 1.54) is 0 Å². The minimum atomic E-state index is -1.18. The van der Waals surface area contributed by atoms with E-state index in [-0.39, 0.29) is 12.1 Å². The molecule has 1 N–H and O–H groups in total. The maximum absolute atomic E-state index is 13.5. The smallest absolute Gasteiger partial charge is 0.161 e. The van der Waals surface area contributed by atoms with E-state index in [1.54, 1.807) is 0 Å². The molecule has 0 unspecified atom stereocenters. The zero-order chi connectivity index (χ0) is 14.9. The highest BCUT2D eigenvalue weighted by Crippen LogP contribution is 2.25. The fourth-order valence-corrected chi connectivity index (χ4v) is 2.17. The van der Waals surface area contributed by atoms with Crippen molar-refractivity contribution in [3.8, 4) is 0 Å². The zero-order valence-electron chi connectivity index (χ0n) is 11.0. The van der Waals surface area contributed by atoms with Gasteiger partial charge in [-0.25, -0.2) is 13.2 Å². The van der Waals surface area contributed by atoms with Gasteiger partial charge in [0.05, 0.1) is 0 Å². The minimum Gasteiger partial charge on any atom is -0.381 e. The molecule has 0 bridgehead atoms. The van der Waals surface area contributed by atoms with E-state index in [4.69, 9.17) is 0 Å². The van der Waals surface area contributed by atoms with Crippen LogP contribution in [0.5, 0.6) is 0 Å². The third-order valence-corrected chi connectivity index (χ3v) is 4.26. The second-order valence-electron chi connectivity index (χ2n) is 4.64. The lowest BCUT2D eigenvalue weighted by Gasteiger charge is -2.11. The zero-order valence-corrected chi connectivity index (χ0v) is 12.6. The van der Waals surface area contributed by atoms with E-state index >= 15 is 0 Å². The predicted octanol–water partition coefficient (Wildman–Crippen LogP) is 5.10. The molecule has 2 aromatic carbocycles. The number of hydrogen-bond donors (Lipinski definition) is 1. The van der Waals surface area contributed by atoms with Crippen LogP contribution in [0.25, 0.3) is 0 Å². The molecule has 0 aliphatic carbocycles. The molecule has 0 aromatic heterocycles. The van der Waals surface area contributed by atoms with Crippen LogP contribution in [0, 0.1) is 31.3 Å². The van der Waals surface area contributed by atoms with E-state index < -0.39 is 17.5 Å². The van der Waals surface area contributed by atoms with Crippen LogP contribution in [0.2, 0.25) is 0 Å². The second kappa shape index (κ2) is 5.87. The minimum absolute atomic E-state index is 0.0853. The molecule has 0 aliphatic heterocycles. The van der Waals surface area contributed by atoms with E-state index in [0.717, 1.165) is 27.4 Å². The van der Waals surface area contributed by atoms with Crippen molar-refractivity contribution in [1.29, 1.82) is 0 Å². The van der Waals surface area contributed by atoms with Gasteiger partial charge in [0, 0.05) is 28.3 Å². The highest BCUT2D eigenvalue weighted by molar-refractivity contribution is 9.10. The summed E-state index contributed by atoms with van der Waals surface area (Å²) >= 11 is 3.46. The number of aryl methyl sites for hydroxylation is 2. The van der Waals surface area contributed by atoms with Crippen molar-refractivity contribution < 1.29 is 13.2 Å². The highest BCUT2D eigenvalue weighted by Gasteiger charge is 2.10. The fourth-order valence-electron chi connectivity index (χ4n) is 1.94. The summed E-state index contributed by atoms with van der Waals surface area (Å²) in [6, 6.07) is 5.23. The van der Waals surface area contributed by atoms with Crippen LogP contribution >= 0.6 is 15.9 Å². The lowest BCUT2D eigenvalue weighted by molar-refractivity contribution is 0.490. The van der Waals surface area contributed by atoms with Gasteiger partial charge < -0.3 is 5.32 Å². The number of hydrogen-bond acceptors (Lipinski definition) is 1. The first-order valence-corrected chi connectivity index (χ1v) is 6.82. The van der Waals surface area contributed by atoms with Gasteiger partial charge in [0.15, 0.2) is 11.6 Å². The molecule has 1 nitrogen and oxygen atoms in total. The van der Waals surface area contributed by atoms with Gasteiger partial charge in [0.1, 0.15) is 5.82 Å². The van der Waals surface area contributed by atoms with Crippen LogP contribution in [0.3, 0.4) is 0 Å². The Balaban J connectivity index is 2.19. The molecule has 20 heavy (non-hydrogen) atoms. The summed E-state index contributed by atoms with van der Waals surface area (Å²) in [5.74, 6) is -2.99. The van der Waals surface area contributed by atoms with Crippen LogP contribution in [0.1, 0.15) is 16.7 Å². The van der Waals surface area contributed by atoms with Crippen molar-refractivity contribution in [2.24, 2.45) is 0 Å². The fraction of sp³-hybridized carbons (Fsp3) is 0.200. The molecule has 0 atom stereocenters. The predicted molar refractivity (Wildman–Crippen MR) is 77.3 cm³/mol. The van der Waals surface area contributed by atoms with Gasteiger partial charge in [-0.15, -0.1) is 0 Å². The molecule has 0 spiro atoms. The first-order valence-electron chi connectivity index (χ1n) is 6.02.